The molecule has 7 nitrogen and oxygen atoms in total. The molecular weight excluding hydrogens is 298 g/mol. The predicted molar refractivity (Wildman–Crippen MR) is 88.1 cm³/mol. The Hall–Kier alpha value is -2.83. The van der Waals surface area contributed by atoms with Crippen molar-refractivity contribution < 1.29 is 9.84 Å². The van der Waals surface area contributed by atoms with Crippen LogP contribution in [0.15, 0.2) is 38.8 Å². The highest BCUT2D eigenvalue weighted by Gasteiger charge is 2.17. The third kappa shape index (κ3) is 3.18. The lowest BCUT2D eigenvalue weighted by Crippen LogP contribution is -2.39. The molecule has 1 aromatic heterocycles. The van der Waals surface area contributed by atoms with E-state index in [9.17, 15) is 14.7 Å². The van der Waals surface area contributed by atoms with Gasteiger partial charge in [-0.1, -0.05) is 0 Å². The fourth-order valence-corrected chi connectivity index (χ4v) is 2.18. The lowest BCUT2D eigenvalue weighted by molar-refractivity contribution is 0.340. The average Bonchev–Trinajstić information content (AvgIpc) is 2.53. The van der Waals surface area contributed by atoms with Crippen LogP contribution < -0.4 is 16.0 Å². The number of aromatic nitrogens is 2. The van der Waals surface area contributed by atoms with Crippen LogP contribution in [-0.2, 0) is 14.1 Å². The summed E-state index contributed by atoms with van der Waals surface area (Å²) in [5.41, 5.74) is -0.240. The second-order valence-corrected chi connectivity index (χ2v) is 5.03. The molecule has 2 rings (SSSR count). The minimum atomic E-state index is -0.592. The first-order chi connectivity index (χ1) is 10.9. The zero-order valence-corrected chi connectivity index (χ0v) is 13.5. The molecule has 1 aromatic carbocycles. The van der Waals surface area contributed by atoms with Crippen molar-refractivity contribution in [3.05, 3.63) is 50.7 Å². The van der Waals surface area contributed by atoms with E-state index in [1.807, 2.05) is 6.92 Å². The maximum Gasteiger partial charge on any atom is 0.333 e. The number of hydrogen-bond acceptors (Lipinski definition) is 5. The van der Waals surface area contributed by atoms with Gasteiger partial charge in [0.1, 0.15) is 11.3 Å². The van der Waals surface area contributed by atoms with Crippen LogP contribution in [0.2, 0.25) is 0 Å². The van der Waals surface area contributed by atoms with Gasteiger partial charge in [-0.05, 0) is 38.1 Å². The van der Waals surface area contributed by atoms with Crippen molar-refractivity contribution in [3.63, 3.8) is 0 Å². The van der Waals surface area contributed by atoms with Crippen LogP contribution in [0, 0.1) is 0 Å². The van der Waals surface area contributed by atoms with Crippen LogP contribution in [0.5, 0.6) is 11.6 Å². The molecule has 0 amide bonds. The zero-order chi connectivity index (χ0) is 17.1. The van der Waals surface area contributed by atoms with E-state index in [1.165, 1.54) is 14.1 Å². The molecule has 0 aliphatic rings. The van der Waals surface area contributed by atoms with Crippen molar-refractivity contribution in [2.45, 2.75) is 13.8 Å². The monoisotopic (exact) mass is 317 g/mol. The molecule has 1 N–H and O–H groups in total. The first kappa shape index (κ1) is 16.5. The van der Waals surface area contributed by atoms with E-state index in [4.69, 9.17) is 4.74 Å². The van der Waals surface area contributed by atoms with Gasteiger partial charge in [-0.3, -0.25) is 18.9 Å². The molecule has 0 bridgehead atoms. The molecule has 0 aliphatic carbocycles. The van der Waals surface area contributed by atoms with Crippen molar-refractivity contribution in [3.8, 4) is 11.6 Å². The maximum atomic E-state index is 12.2. The fourth-order valence-electron chi connectivity index (χ4n) is 2.18. The first-order valence-electron chi connectivity index (χ1n) is 7.14. The molecule has 2 aromatic rings. The van der Waals surface area contributed by atoms with Crippen LogP contribution in [0.1, 0.15) is 19.4 Å². The van der Waals surface area contributed by atoms with Crippen molar-refractivity contribution in [2.75, 3.05) is 6.61 Å². The number of benzene rings is 1. The van der Waals surface area contributed by atoms with E-state index in [0.717, 1.165) is 14.9 Å². The van der Waals surface area contributed by atoms with Crippen LogP contribution in [0.3, 0.4) is 0 Å². The van der Waals surface area contributed by atoms with E-state index >= 15 is 0 Å². The summed E-state index contributed by atoms with van der Waals surface area (Å²) in [6, 6.07) is 7.04. The molecule has 0 fully saturated rings. The third-order valence-corrected chi connectivity index (χ3v) is 3.44. The van der Waals surface area contributed by atoms with Crippen molar-refractivity contribution in [1.82, 2.24) is 9.13 Å². The summed E-state index contributed by atoms with van der Waals surface area (Å²) >= 11 is 0. The van der Waals surface area contributed by atoms with Gasteiger partial charge in [0.05, 0.1) is 18.0 Å². The molecule has 0 unspecified atom stereocenters. The second-order valence-electron chi connectivity index (χ2n) is 5.03. The summed E-state index contributed by atoms with van der Waals surface area (Å²) in [5, 5.41) is 10.1. The largest absolute Gasteiger partial charge is 0.494 e. The predicted octanol–water partition coefficient (Wildman–Crippen LogP) is 1.33. The van der Waals surface area contributed by atoms with Crippen LogP contribution in [0.4, 0.5) is 5.69 Å². The molecule has 1 heterocycles. The van der Waals surface area contributed by atoms with Crippen molar-refractivity contribution in [1.29, 1.82) is 0 Å². The second kappa shape index (κ2) is 6.51. The fraction of sp³-hybridized carbons (Fsp3) is 0.312. The molecule has 0 spiro atoms. The Labute approximate surface area is 133 Å². The van der Waals surface area contributed by atoms with Gasteiger partial charge in [0, 0.05) is 14.1 Å². The lowest BCUT2D eigenvalue weighted by atomic mass is 10.2. The Morgan fingerprint density at radius 3 is 2.35 bits per heavy atom. The van der Waals surface area contributed by atoms with Gasteiger partial charge in [0.2, 0.25) is 5.88 Å². The van der Waals surface area contributed by atoms with Gasteiger partial charge in [0.15, 0.2) is 0 Å². The van der Waals surface area contributed by atoms with Gasteiger partial charge in [-0.15, -0.1) is 0 Å². The lowest BCUT2D eigenvalue weighted by Gasteiger charge is -2.10. The van der Waals surface area contributed by atoms with Gasteiger partial charge >= 0.3 is 5.69 Å². The molecule has 0 aliphatic heterocycles. The number of hydrogen-bond donors (Lipinski definition) is 1. The normalized spacial score (nSPS) is 11.6. The maximum absolute atomic E-state index is 12.2. The molecular formula is C16H19N3O4. The van der Waals surface area contributed by atoms with Gasteiger partial charge in [-0.25, -0.2) is 4.79 Å². The Balaban J connectivity index is 2.50. The average molecular weight is 317 g/mol. The Morgan fingerprint density at radius 2 is 1.78 bits per heavy atom. The number of aliphatic imine (C=N–C) groups is 1. The van der Waals surface area contributed by atoms with Crippen LogP contribution >= 0.6 is 0 Å². The first-order valence-corrected chi connectivity index (χ1v) is 7.14. The van der Waals surface area contributed by atoms with Crippen molar-refractivity contribution >= 4 is 11.4 Å². The van der Waals surface area contributed by atoms with E-state index in [0.29, 0.717) is 18.0 Å². The van der Waals surface area contributed by atoms with Crippen molar-refractivity contribution in [2.24, 2.45) is 19.1 Å². The van der Waals surface area contributed by atoms with E-state index in [-0.39, 0.29) is 5.56 Å². The highest BCUT2D eigenvalue weighted by Crippen LogP contribution is 2.20. The summed E-state index contributed by atoms with van der Waals surface area (Å²) in [5.74, 6) is 0.329. The smallest absolute Gasteiger partial charge is 0.333 e. The quantitative estimate of drug-likeness (QED) is 0.862. The number of nitrogens with zero attached hydrogens (tertiary/aromatic N) is 3. The topological polar surface area (TPSA) is 85.8 Å². The van der Waals surface area contributed by atoms with Gasteiger partial charge in [0.25, 0.3) is 5.56 Å². The Morgan fingerprint density at radius 1 is 1.17 bits per heavy atom. The molecule has 0 saturated carbocycles. The Kier molecular flexibility index (Phi) is 4.68. The Bertz CT molecular complexity index is 861. The highest BCUT2D eigenvalue weighted by molar-refractivity contribution is 6.01. The SMILES string of the molecule is CCOc1ccc(N=C(C)c2c(O)n(C)c(=O)n(C)c2=O)cc1. The number of rotatable bonds is 4. The highest BCUT2D eigenvalue weighted by atomic mass is 16.5. The standard InChI is InChI=1S/C16H19N3O4/c1-5-23-12-8-6-11(7-9-12)17-10(2)13-14(20)18(3)16(22)19(4)15(13)21/h6-9,20H,5H2,1-4H3. The minimum Gasteiger partial charge on any atom is -0.494 e. The van der Waals surface area contributed by atoms with Gasteiger partial charge in [-0.2, -0.15) is 0 Å². The molecule has 122 valence electrons. The summed E-state index contributed by atoms with van der Waals surface area (Å²) in [4.78, 5) is 28.3. The van der Waals surface area contributed by atoms with E-state index < -0.39 is 17.1 Å². The van der Waals surface area contributed by atoms with Gasteiger partial charge < -0.3 is 9.84 Å². The zero-order valence-electron chi connectivity index (χ0n) is 13.5. The van der Waals surface area contributed by atoms with E-state index in [1.54, 1.807) is 31.2 Å². The minimum absolute atomic E-state index is 0.00323. The summed E-state index contributed by atoms with van der Waals surface area (Å²) in [7, 11) is 2.75. The number of aromatic hydroxyl groups is 1. The molecule has 0 saturated heterocycles. The summed E-state index contributed by atoms with van der Waals surface area (Å²) in [6.07, 6.45) is 0. The summed E-state index contributed by atoms with van der Waals surface area (Å²) in [6.45, 7) is 4.08. The molecule has 23 heavy (non-hydrogen) atoms. The van der Waals surface area contributed by atoms with Crippen LogP contribution in [-0.4, -0.2) is 26.6 Å². The number of ether oxygens (including phenoxy) is 1. The van der Waals surface area contributed by atoms with Crippen LogP contribution in [0.25, 0.3) is 0 Å². The summed E-state index contributed by atoms with van der Waals surface area (Å²) < 4.78 is 7.30. The van der Waals surface area contributed by atoms with E-state index in [2.05, 4.69) is 4.99 Å². The molecule has 0 radical (unpaired) electrons. The third-order valence-electron chi connectivity index (χ3n) is 3.44. The molecule has 0 atom stereocenters. The molecule has 7 heteroatoms.